The quantitative estimate of drug-likeness (QED) is 0.530. The average Bonchev–Trinajstić information content (AvgIpc) is 3.54. The van der Waals surface area contributed by atoms with Crippen molar-refractivity contribution in [3.8, 4) is 22.6 Å². The van der Waals surface area contributed by atoms with Gasteiger partial charge in [0.15, 0.2) is 23.2 Å². The van der Waals surface area contributed by atoms with Crippen LogP contribution in [0.4, 0.5) is 13.2 Å². The van der Waals surface area contributed by atoms with E-state index < -0.39 is 17.5 Å². The fourth-order valence-electron chi connectivity index (χ4n) is 2.96. The monoisotopic (exact) mass is 386 g/mol. The van der Waals surface area contributed by atoms with E-state index in [1.165, 1.54) is 19.2 Å². The molecular weight excluding hydrogens is 369 g/mol. The molecule has 0 spiro atoms. The Bertz CT molecular complexity index is 999. The molecule has 0 amide bonds. The zero-order valence-corrected chi connectivity index (χ0v) is 15.0. The van der Waals surface area contributed by atoms with Gasteiger partial charge in [-0.3, -0.25) is 0 Å². The van der Waals surface area contributed by atoms with Gasteiger partial charge in [-0.05, 0) is 35.4 Å². The number of hydrogen-bond acceptors (Lipinski definition) is 3. The molecule has 144 valence electrons. The van der Waals surface area contributed by atoms with E-state index in [1.54, 1.807) is 42.5 Å². The van der Waals surface area contributed by atoms with Crippen molar-refractivity contribution < 1.29 is 27.4 Å². The minimum absolute atomic E-state index is 0.166. The second-order valence-electron chi connectivity index (χ2n) is 6.43. The van der Waals surface area contributed by atoms with Gasteiger partial charge in [-0.25, -0.2) is 13.2 Å². The fraction of sp³-hybridized carbons (Fsp3) is 0.182. The molecule has 0 aliphatic carbocycles. The lowest BCUT2D eigenvalue weighted by molar-refractivity contribution is 0.305. The number of benzene rings is 3. The van der Waals surface area contributed by atoms with Crippen LogP contribution in [-0.2, 0) is 11.3 Å². The van der Waals surface area contributed by atoms with Gasteiger partial charge in [0.2, 0.25) is 0 Å². The Kier molecular flexibility index (Phi) is 4.96. The molecule has 1 saturated heterocycles. The summed E-state index contributed by atoms with van der Waals surface area (Å²) in [5.41, 5.74) is 1.59. The van der Waals surface area contributed by atoms with Gasteiger partial charge >= 0.3 is 0 Å². The Hall–Kier alpha value is -2.99. The Balaban J connectivity index is 1.47. The predicted octanol–water partition coefficient (Wildman–Crippen LogP) is 5.43. The topological polar surface area (TPSA) is 31.0 Å². The molecule has 3 nitrogen and oxygen atoms in total. The summed E-state index contributed by atoms with van der Waals surface area (Å²) in [4.78, 5) is 0. The van der Waals surface area contributed by atoms with Crippen molar-refractivity contribution in [2.24, 2.45) is 0 Å². The predicted molar refractivity (Wildman–Crippen MR) is 97.8 cm³/mol. The minimum atomic E-state index is -0.893. The summed E-state index contributed by atoms with van der Waals surface area (Å²) in [7, 11) is 1.40. The maximum absolute atomic E-state index is 14.4. The van der Waals surface area contributed by atoms with E-state index in [1.807, 2.05) is 0 Å². The molecule has 3 aromatic rings. The minimum Gasteiger partial charge on any atom is -0.494 e. The first-order chi connectivity index (χ1) is 13.6. The molecule has 0 N–H and O–H groups in total. The highest BCUT2D eigenvalue weighted by molar-refractivity contribution is 5.65. The van der Waals surface area contributed by atoms with Crippen LogP contribution in [0.25, 0.3) is 11.1 Å². The number of hydrogen-bond donors (Lipinski definition) is 0. The Morgan fingerprint density at radius 2 is 1.71 bits per heavy atom. The molecule has 1 fully saturated rings. The summed E-state index contributed by atoms with van der Waals surface area (Å²) < 4.78 is 57.8. The van der Waals surface area contributed by atoms with Gasteiger partial charge in [0.1, 0.15) is 18.5 Å². The van der Waals surface area contributed by atoms with Gasteiger partial charge in [0, 0.05) is 11.1 Å². The lowest BCUT2D eigenvalue weighted by atomic mass is 10.0. The maximum atomic E-state index is 14.4. The summed E-state index contributed by atoms with van der Waals surface area (Å²) in [5, 5.41) is 0. The van der Waals surface area contributed by atoms with Gasteiger partial charge in [-0.2, -0.15) is 0 Å². The van der Waals surface area contributed by atoms with Crippen molar-refractivity contribution in [2.75, 3.05) is 13.7 Å². The van der Waals surface area contributed by atoms with Crippen LogP contribution in [0.5, 0.6) is 11.5 Å². The third-order valence-electron chi connectivity index (χ3n) is 4.58. The zero-order valence-electron chi connectivity index (χ0n) is 15.0. The summed E-state index contributed by atoms with van der Waals surface area (Å²) in [6.45, 7) is 0.583. The molecule has 0 aromatic heterocycles. The van der Waals surface area contributed by atoms with Crippen molar-refractivity contribution in [1.29, 1.82) is 0 Å². The molecule has 1 atom stereocenters. The first-order valence-corrected chi connectivity index (χ1v) is 8.72. The highest BCUT2D eigenvalue weighted by Gasteiger charge is 2.30. The van der Waals surface area contributed by atoms with Crippen LogP contribution in [0.3, 0.4) is 0 Å². The van der Waals surface area contributed by atoms with E-state index in [4.69, 9.17) is 14.2 Å². The van der Waals surface area contributed by atoms with Crippen LogP contribution in [0.15, 0.2) is 54.6 Å². The van der Waals surface area contributed by atoms with Crippen LogP contribution < -0.4 is 9.47 Å². The second-order valence-corrected chi connectivity index (χ2v) is 6.43. The van der Waals surface area contributed by atoms with E-state index in [0.717, 1.165) is 0 Å². The first-order valence-electron chi connectivity index (χ1n) is 8.72. The van der Waals surface area contributed by atoms with Crippen LogP contribution in [-0.4, -0.2) is 13.7 Å². The van der Waals surface area contributed by atoms with Gasteiger partial charge < -0.3 is 14.2 Å². The van der Waals surface area contributed by atoms with Crippen molar-refractivity contribution >= 4 is 0 Å². The fourth-order valence-corrected chi connectivity index (χ4v) is 2.96. The Morgan fingerprint density at radius 1 is 0.964 bits per heavy atom. The lowest BCUT2D eigenvalue weighted by Gasteiger charge is -2.10. The van der Waals surface area contributed by atoms with E-state index in [9.17, 15) is 13.2 Å². The molecule has 1 unspecified atom stereocenters. The van der Waals surface area contributed by atoms with Crippen LogP contribution in [0.2, 0.25) is 0 Å². The summed E-state index contributed by atoms with van der Waals surface area (Å²) >= 11 is 0. The standard InChI is InChI=1S/C22H17F3O3/c1-26-19-9-2-13(10-18(19)23)11-27-15-5-3-14(4-6-15)16-7-8-17(20-12-28-20)22(25)21(16)24/h2-10,20H,11-12H2,1H3. The Labute approximate surface area is 160 Å². The van der Waals surface area contributed by atoms with E-state index in [2.05, 4.69) is 0 Å². The molecule has 1 aliphatic heterocycles. The SMILES string of the molecule is COc1ccc(COc2ccc(-c3ccc(C4CO4)c(F)c3F)cc2)cc1F. The molecule has 0 saturated carbocycles. The normalized spacial score (nSPS) is 15.4. The summed E-state index contributed by atoms with van der Waals surface area (Å²) in [6.07, 6.45) is -0.345. The molecular formula is C22H17F3O3. The zero-order chi connectivity index (χ0) is 19.7. The molecule has 4 rings (SSSR count). The molecule has 28 heavy (non-hydrogen) atoms. The number of rotatable bonds is 6. The van der Waals surface area contributed by atoms with E-state index >= 15 is 0 Å². The van der Waals surface area contributed by atoms with Crippen molar-refractivity contribution in [1.82, 2.24) is 0 Å². The van der Waals surface area contributed by atoms with Gasteiger partial charge in [0.25, 0.3) is 0 Å². The van der Waals surface area contributed by atoms with Crippen LogP contribution in [0, 0.1) is 17.5 Å². The van der Waals surface area contributed by atoms with Crippen LogP contribution in [0.1, 0.15) is 17.2 Å². The molecule has 0 radical (unpaired) electrons. The van der Waals surface area contributed by atoms with E-state index in [0.29, 0.717) is 23.5 Å². The lowest BCUT2D eigenvalue weighted by Crippen LogP contribution is -1.98. The number of halogens is 3. The number of epoxide rings is 1. The van der Waals surface area contributed by atoms with Crippen molar-refractivity contribution in [3.63, 3.8) is 0 Å². The highest BCUT2D eigenvalue weighted by Crippen LogP contribution is 2.36. The summed E-state index contributed by atoms with van der Waals surface area (Å²) in [5.74, 6) is -1.53. The summed E-state index contributed by atoms with van der Waals surface area (Å²) in [6, 6.07) is 14.3. The maximum Gasteiger partial charge on any atom is 0.167 e. The molecule has 1 heterocycles. The second kappa shape index (κ2) is 7.56. The van der Waals surface area contributed by atoms with E-state index in [-0.39, 0.29) is 29.6 Å². The highest BCUT2D eigenvalue weighted by atomic mass is 19.2. The van der Waals surface area contributed by atoms with Gasteiger partial charge in [-0.1, -0.05) is 30.3 Å². The largest absolute Gasteiger partial charge is 0.494 e. The van der Waals surface area contributed by atoms with Crippen molar-refractivity contribution in [2.45, 2.75) is 12.7 Å². The first kappa shape index (κ1) is 18.4. The Morgan fingerprint density at radius 3 is 2.36 bits per heavy atom. The molecule has 6 heteroatoms. The van der Waals surface area contributed by atoms with Crippen molar-refractivity contribution in [3.05, 3.63) is 83.2 Å². The third-order valence-corrected chi connectivity index (χ3v) is 4.58. The average molecular weight is 386 g/mol. The third kappa shape index (κ3) is 3.68. The van der Waals surface area contributed by atoms with Crippen LogP contribution >= 0.6 is 0 Å². The molecule has 3 aromatic carbocycles. The molecule has 0 bridgehead atoms. The van der Waals surface area contributed by atoms with Gasteiger partial charge in [0.05, 0.1) is 13.7 Å². The smallest absolute Gasteiger partial charge is 0.167 e. The number of methoxy groups -OCH3 is 1. The number of ether oxygens (including phenoxy) is 3. The van der Waals surface area contributed by atoms with Gasteiger partial charge in [-0.15, -0.1) is 0 Å². The molecule has 1 aliphatic rings.